The van der Waals surface area contributed by atoms with Gasteiger partial charge in [0.25, 0.3) is 0 Å². The van der Waals surface area contributed by atoms with Crippen molar-refractivity contribution in [1.29, 1.82) is 0 Å². The average molecular weight is 484 g/mol. The topological polar surface area (TPSA) is 36.0 Å². The summed E-state index contributed by atoms with van der Waals surface area (Å²) in [6, 6.07) is 7.33. The van der Waals surface area contributed by atoms with E-state index in [1.807, 2.05) is 14.0 Å². The summed E-state index contributed by atoms with van der Waals surface area (Å²) in [5, 5.41) is 0. The van der Waals surface area contributed by atoms with Crippen LogP contribution in [0.4, 0.5) is 11.4 Å². The van der Waals surface area contributed by atoms with Crippen molar-refractivity contribution in [3.63, 3.8) is 0 Å². The fourth-order valence-corrected chi connectivity index (χ4v) is 6.71. The van der Waals surface area contributed by atoms with Gasteiger partial charge in [0.15, 0.2) is 0 Å². The lowest BCUT2D eigenvalue weighted by atomic mass is 9.66. The number of methoxy groups -OCH3 is 1. The summed E-state index contributed by atoms with van der Waals surface area (Å²) < 4.78 is 5.61. The summed E-state index contributed by atoms with van der Waals surface area (Å²) in [6.45, 7) is 13.5. The minimum Gasteiger partial charge on any atom is -0.381 e. The summed E-state index contributed by atoms with van der Waals surface area (Å²) >= 11 is 0. The van der Waals surface area contributed by atoms with Gasteiger partial charge in [0, 0.05) is 64.2 Å². The average Bonchev–Trinajstić information content (AvgIpc) is 2.93. The molecule has 196 valence electrons. The second-order valence-corrected chi connectivity index (χ2v) is 11.3. The third-order valence-electron chi connectivity index (χ3n) is 9.64. The number of ketones is 1. The Balaban J connectivity index is 1.52. The third kappa shape index (κ3) is 6.22. The molecule has 0 atom stereocenters. The van der Waals surface area contributed by atoms with E-state index in [1.165, 1.54) is 49.9 Å². The number of nitrogens with zero attached hydrogens (tertiary/aromatic N) is 3. The molecule has 5 heteroatoms. The van der Waals surface area contributed by atoms with E-state index in [0.717, 1.165) is 52.1 Å². The van der Waals surface area contributed by atoms with E-state index in [4.69, 9.17) is 4.74 Å². The number of hydrogen-bond acceptors (Lipinski definition) is 5. The molecule has 0 bridgehead atoms. The van der Waals surface area contributed by atoms with Gasteiger partial charge in [0.1, 0.15) is 5.78 Å². The van der Waals surface area contributed by atoms with Crippen LogP contribution in [0.25, 0.3) is 0 Å². The highest BCUT2D eigenvalue weighted by Gasteiger charge is 2.34. The lowest BCUT2D eigenvalue weighted by Gasteiger charge is -2.42. The molecule has 0 amide bonds. The van der Waals surface area contributed by atoms with Gasteiger partial charge in [-0.25, -0.2) is 0 Å². The maximum atomic E-state index is 12.0. The Bertz CT molecular complexity index is 811. The maximum absolute atomic E-state index is 12.0. The minimum atomic E-state index is 0.360. The first kappa shape index (κ1) is 26.5. The van der Waals surface area contributed by atoms with E-state index in [-0.39, 0.29) is 0 Å². The van der Waals surface area contributed by atoms with Crippen molar-refractivity contribution in [2.45, 2.75) is 90.6 Å². The number of hydrogen-bond donors (Lipinski definition) is 0. The second kappa shape index (κ2) is 12.1. The van der Waals surface area contributed by atoms with Crippen LogP contribution in [0.1, 0.15) is 90.0 Å². The predicted molar refractivity (Wildman–Crippen MR) is 147 cm³/mol. The van der Waals surface area contributed by atoms with Crippen LogP contribution < -0.4 is 9.80 Å². The van der Waals surface area contributed by atoms with E-state index in [0.29, 0.717) is 36.2 Å². The summed E-state index contributed by atoms with van der Waals surface area (Å²) in [5.74, 6) is 1.02. The first-order chi connectivity index (χ1) is 17.0. The Kier molecular flexibility index (Phi) is 9.15. The largest absolute Gasteiger partial charge is 0.381 e. The molecule has 0 spiro atoms. The number of rotatable bonds is 9. The third-order valence-corrected chi connectivity index (χ3v) is 9.64. The number of ether oxygens (including phenoxy) is 1. The van der Waals surface area contributed by atoms with Crippen molar-refractivity contribution in [1.82, 2.24) is 4.90 Å². The summed E-state index contributed by atoms with van der Waals surface area (Å²) in [7, 11) is 1.85. The number of anilines is 2. The number of benzene rings is 1. The van der Waals surface area contributed by atoms with E-state index >= 15 is 0 Å². The number of carbonyl (C=O) groups excluding carboxylic acids is 1. The number of carbonyl (C=O) groups is 1. The Labute approximate surface area is 214 Å². The van der Waals surface area contributed by atoms with Gasteiger partial charge in [-0.05, 0) is 73.6 Å². The first-order valence-electron chi connectivity index (χ1n) is 14.4. The highest BCUT2D eigenvalue weighted by atomic mass is 16.5. The molecular weight excluding hydrogens is 434 g/mol. The van der Waals surface area contributed by atoms with Gasteiger partial charge < -0.3 is 14.5 Å². The molecule has 1 aromatic carbocycles. The smallest absolute Gasteiger partial charge is 0.146 e. The molecule has 0 N–H and O–H groups in total. The van der Waals surface area contributed by atoms with Crippen molar-refractivity contribution in [3.8, 4) is 0 Å². The molecule has 0 radical (unpaired) electrons. The molecule has 1 aromatic rings. The molecule has 0 unspecified atom stereocenters. The van der Waals surface area contributed by atoms with E-state index in [9.17, 15) is 4.79 Å². The Hall–Kier alpha value is -1.59. The first-order valence-corrected chi connectivity index (χ1v) is 14.4. The molecule has 2 saturated heterocycles. The van der Waals surface area contributed by atoms with Gasteiger partial charge >= 0.3 is 0 Å². The Morgan fingerprint density at radius 3 is 2.14 bits per heavy atom. The van der Waals surface area contributed by atoms with Gasteiger partial charge in [-0.15, -0.1) is 0 Å². The lowest BCUT2D eigenvalue weighted by molar-refractivity contribution is -0.119. The van der Waals surface area contributed by atoms with Crippen LogP contribution in [0.5, 0.6) is 0 Å². The number of piperazine rings is 1. The van der Waals surface area contributed by atoms with E-state index in [2.05, 4.69) is 46.7 Å². The SMILES string of the molecule is CCC(=O)CN1CCN(c2ccc(N3CCC(OC)CC3)cc2C2CCC(CC)(CC)CC2)CC1. The second-order valence-electron chi connectivity index (χ2n) is 11.3. The zero-order valence-corrected chi connectivity index (χ0v) is 22.9. The quantitative estimate of drug-likeness (QED) is 0.439. The van der Waals surface area contributed by atoms with Crippen molar-refractivity contribution < 1.29 is 9.53 Å². The normalized spacial score (nSPS) is 22.5. The van der Waals surface area contributed by atoms with Crippen LogP contribution in [-0.4, -0.2) is 69.7 Å². The molecule has 5 nitrogen and oxygen atoms in total. The van der Waals surface area contributed by atoms with Gasteiger partial charge in [0.2, 0.25) is 0 Å². The van der Waals surface area contributed by atoms with Crippen LogP contribution in [0.15, 0.2) is 18.2 Å². The van der Waals surface area contributed by atoms with Crippen LogP contribution in [0, 0.1) is 5.41 Å². The molecule has 3 aliphatic rings. The maximum Gasteiger partial charge on any atom is 0.146 e. The summed E-state index contributed by atoms with van der Waals surface area (Å²) in [6.07, 6.45) is 11.3. The van der Waals surface area contributed by atoms with Gasteiger partial charge in [-0.2, -0.15) is 0 Å². The van der Waals surface area contributed by atoms with Gasteiger partial charge in [-0.1, -0.05) is 33.6 Å². The monoisotopic (exact) mass is 483 g/mol. The lowest BCUT2D eigenvalue weighted by Crippen LogP contribution is -2.48. The summed E-state index contributed by atoms with van der Waals surface area (Å²) in [4.78, 5) is 19.5. The van der Waals surface area contributed by atoms with E-state index in [1.54, 1.807) is 5.56 Å². The molecule has 2 heterocycles. The van der Waals surface area contributed by atoms with E-state index < -0.39 is 0 Å². The van der Waals surface area contributed by atoms with Crippen molar-refractivity contribution >= 4 is 17.2 Å². The number of piperidine rings is 1. The standard InChI is InChI=1S/C30H49N3O2/c1-5-26(34)23-31-18-20-33(21-19-31)29-9-8-25(32-16-12-27(35-4)13-17-32)22-28(29)24-10-14-30(6-2,7-3)15-11-24/h8-9,22,24,27H,5-7,10-21,23H2,1-4H3. The van der Waals surface area contributed by atoms with Crippen LogP contribution in [0.2, 0.25) is 0 Å². The van der Waals surface area contributed by atoms with Gasteiger partial charge in [-0.3, -0.25) is 9.69 Å². The predicted octanol–water partition coefficient (Wildman–Crippen LogP) is 5.87. The van der Waals surface area contributed by atoms with Gasteiger partial charge in [0.05, 0.1) is 12.6 Å². The molecular formula is C30H49N3O2. The molecule has 1 aliphatic carbocycles. The molecule has 1 saturated carbocycles. The fraction of sp³-hybridized carbons (Fsp3) is 0.767. The summed E-state index contributed by atoms with van der Waals surface area (Å²) in [5.41, 5.74) is 4.99. The highest BCUT2D eigenvalue weighted by Crippen LogP contribution is 2.49. The van der Waals surface area contributed by atoms with Crippen molar-refractivity contribution in [2.24, 2.45) is 5.41 Å². The molecule has 0 aromatic heterocycles. The minimum absolute atomic E-state index is 0.360. The zero-order valence-electron chi connectivity index (χ0n) is 22.9. The zero-order chi connectivity index (χ0) is 24.8. The highest BCUT2D eigenvalue weighted by molar-refractivity contribution is 5.80. The van der Waals surface area contributed by atoms with Crippen LogP contribution in [0.3, 0.4) is 0 Å². The van der Waals surface area contributed by atoms with Crippen molar-refractivity contribution in [3.05, 3.63) is 23.8 Å². The Morgan fingerprint density at radius 1 is 0.914 bits per heavy atom. The molecule has 35 heavy (non-hydrogen) atoms. The number of Topliss-reactive ketones (excluding diaryl/α,β-unsaturated/α-hetero) is 1. The molecule has 3 fully saturated rings. The molecule has 2 aliphatic heterocycles. The fourth-order valence-electron chi connectivity index (χ4n) is 6.71. The molecule has 4 rings (SSSR count). The Morgan fingerprint density at radius 2 is 1.57 bits per heavy atom. The van der Waals surface area contributed by atoms with Crippen LogP contribution in [-0.2, 0) is 9.53 Å². The van der Waals surface area contributed by atoms with Crippen molar-refractivity contribution in [2.75, 3.05) is 62.7 Å². The van der Waals surface area contributed by atoms with Crippen LogP contribution >= 0.6 is 0 Å².